The fourth-order valence-electron chi connectivity index (χ4n) is 1.06. The lowest BCUT2D eigenvalue weighted by Gasteiger charge is -1.94. The maximum atomic E-state index is 5.26. The minimum Gasteiger partial charge on any atom is -0.469 e. The second-order valence-corrected chi connectivity index (χ2v) is 2.33. The molecule has 0 atom stereocenters. The quantitative estimate of drug-likeness (QED) is 0.624. The van der Waals surface area contributed by atoms with E-state index in [2.05, 4.69) is 13.8 Å². The highest BCUT2D eigenvalue weighted by molar-refractivity contribution is 5.16. The standard InChI is InChI=1S/C9H13O/c1-3-5-9-8(4-2)6-7-10-9/h6-7H,1,3-5H2,2H3. The van der Waals surface area contributed by atoms with Crippen molar-refractivity contribution in [1.82, 2.24) is 0 Å². The molecule has 1 radical (unpaired) electrons. The second kappa shape index (κ2) is 3.45. The molecule has 1 nitrogen and oxygen atoms in total. The van der Waals surface area contributed by atoms with Crippen LogP contribution in [0.2, 0.25) is 0 Å². The molecule has 1 aromatic heterocycles. The molecular formula is C9H13O. The third-order valence-corrected chi connectivity index (χ3v) is 1.62. The first kappa shape index (κ1) is 7.39. The predicted molar refractivity (Wildman–Crippen MR) is 41.8 cm³/mol. The third-order valence-electron chi connectivity index (χ3n) is 1.62. The van der Waals surface area contributed by atoms with Crippen LogP contribution in [0.4, 0.5) is 0 Å². The predicted octanol–water partition coefficient (Wildman–Crippen LogP) is 2.61. The van der Waals surface area contributed by atoms with Gasteiger partial charge < -0.3 is 4.42 Å². The summed E-state index contributed by atoms with van der Waals surface area (Å²) in [4.78, 5) is 0. The Morgan fingerprint density at radius 1 is 1.60 bits per heavy atom. The largest absolute Gasteiger partial charge is 0.469 e. The van der Waals surface area contributed by atoms with Crippen molar-refractivity contribution in [2.24, 2.45) is 0 Å². The van der Waals surface area contributed by atoms with Crippen molar-refractivity contribution < 1.29 is 4.42 Å². The molecule has 0 bridgehead atoms. The summed E-state index contributed by atoms with van der Waals surface area (Å²) in [6, 6.07) is 2.03. The van der Waals surface area contributed by atoms with Crippen molar-refractivity contribution in [3.63, 3.8) is 0 Å². The average molecular weight is 137 g/mol. The van der Waals surface area contributed by atoms with E-state index in [-0.39, 0.29) is 0 Å². The summed E-state index contributed by atoms with van der Waals surface area (Å²) in [6.07, 6.45) is 4.70. The number of aryl methyl sites for hydroxylation is 2. The molecule has 0 spiro atoms. The minimum absolute atomic E-state index is 0.917. The van der Waals surface area contributed by atoms with Crippen LogP contribution in [-0.2, 0) is 12.8 Å². The smallest absolute Gasteiger partial charge is 0.106 e. The van der Waals surface area contributed by atoms with Crippen molar-refractivity contribution in [3.05, 3.63) is 30.6 Å². The highest BCUT2D eigenvalue weighted by atomic mass is 16.3. The molecule has 1 heteroatoms. The van der Waals surface area contributed by atoms with Crippen LogP contribution in [0.25, 0.3) is 0 Å². The Balaban J connectivity index is 2.70. The van der Waals surface area contributed by atoms with E-state index in [4.69, 9.17) is 4.42 Å². The van der Waals surface area contributed by atoms with Gasteiger partial charge in [-0.05, 0) is 24.5 Å². The van der Waals surface area contributed by atoms with Crippen molar-refractivity contribution in [2.75, 3.05) is 0 Å². The number of furan rings is 1. The molecule has 0 aromatic carbocycles. The van der Waals surface area contributed by atoms with E-state index < -0.39 is 0 Å². The van der Waals surface area contributed by atoms with Gasteiger partial charge in [0.1, 0.15) is 5.76 Å². The molecule has 0 fully saturated rings. The van der Waals surface area contributed by atoms with Crippen LogP contribution in [0.3, 0.4) is 0 Å². The number of hydrogen-bond acceptors (Lipinski definition) is 1. The van der Waals surface area contributed by atoms with Gasteiger partial charge in [0.2, 0.25) is 0 Å². The van der Waals surface area contributed by atoms with Crippen LogP contribution in [0.5, 0.6) is 0 Å². The Labute approximate surface area is 62.1 Å². The van der Waals surface area contributed by atoms with E-state index in [1.165, 1.54) is 5.56 Å². The van der Waals surface area contributed by atoms with Gasteiger partial charge in [0, 0.05) is 6.42 Å². The summed E-state index contributed by atoms with van der Waals surface area (Å²) in [5.74, 6) is 1.11. The fraction of sp³-hybridized carbons (Fsp3) is 0.444. The Kier molecular flexibility index (Phi) is 2.55. The Morgan fingerprint density at radius 2 is 2.40 bits per heavy atom. The summed E-state index contributed by atoms with van der Waals surface area (Å²) in [5.41, 5.74) is 1.32. The molecule has 0 N–H and O–H groups in total. The zero-order valence-corrected chi connectivity index (χ0v) is 6.39. The molecular weight excluding hydrogens is 124 g/mol. The van der Waals surface area contributed by atoms with Gasteiger partial charge in [-0.2, -0.15) is 0 Å². The van der Waals surface area contributed by atoms with Gasteiger partial charge in [-0.3, -0.25) is 0 Å². The first-order valence-corrected chi connectivity index (χ1v) is 3.73. The summed E-state index contributed by atoms with van der Waals surface area (Å²) in [7, 11) is 0. The molecule has 0 saturated heterocycles. The van der Waals surface area contributed by atoms with E-state index in [0.717, 1.165) is 25.0 Å². The molecule has 1 aromatic rings. The van der Waals surface area contributed by atoms with E-state index in [1.54, 1.807) is 6.26 Å². The van der Waals surface area contributed by atoms with E-state index >= 15 is 0 Å². The highest BCUT2D eigenvalue weighted by Gasteiger charge is 2.01. The number of rotatable bonds is 3. The van der Waals surface area contributed by atoms with Crippen molar-refractivity contribution in [2.45, 2.75) is 26.2 Å². The van der Waals surface area contributed by atoms with Gasteiger partial charge in [-0.15, -0.1) is 0 Å². The Bertz CT molecular complexity index is 188. The molecule has 0 saturated carbocycles. The minimum atomic E-state index is 0.917. The summed E-state index contributed by atoms with van der Waals surface area (Å²) in [6.45, 7) is 5.91. The topological polar surface area (TPSA) is 13.1 Å². The van der Waals surface area contributed by atoms with Crippen LogP contribution >= 0.6 is 0 Å². The van der Waals surface area contributed by atoms with Crippen molar-refractivity contribution in [3.8, 4) is 0 Å². The molecule has 55 valence electrons. The molecule has 10 heavy (non-hydrogen) atoms. The van der Waals surface area contributed by atoms with Gasteiger partial charge >= 0.3 is 0 Å². The van der Waals surface area contributed by atoms with Crippen LogP contribution in [0.1, 0.15) is 24.7 Å². The first-order chi connectivity index (χ1) is 4.88. The maximum absolute atomic E-state index is 5.26. The zero-order valence-electron chi connectivity index (χ0n) is 6.39. The van der Waals surface area contributed by atoms with Crippen LogP contribution in [0, 0.1) is 6.92 Å². The highest BCUT2D eigenvalue weighted by Crippen LogP contribution is 2.12. The summed E-state index contributed by atoms with van der Waals surface area (Å²) >= 11 is 0. The molecule has 0 unspecified atom stereocenters. The fourth-order valence-corrected chi connectivity index (χ4v) is 1.06. The first-order valence-electron chi connectivity index (χ1n) is 3.73. The normalized spacial score (nSPS) is 10.2. The lowest BCUT2D eigenvalue weighted by atomic mass is 10.1. The van der Waals surface area contributed by atoms with E-state index in [1.807, 2.05) is 6.07 Å². The SMILES string of the molecule is [CH2]CCc1occc1CC. The van der Waals surface area contributed by atoms with Crippen LogP contribution in [-0.4, -0.2) is 0 Å². The second-order valence-electron chi connectivity index (χ2n) is 2.33. The molecule has 0 aliphatic rings. The average Bonchev–Trinajstić information content (AvgIpc) is 2.36. The van der Waals surface area contributed by atoms with Crippen LogP contribution in [0.15, 0.2) is 16.7 Å². The molecule has 1 heterocycles. The monoisotopic (exact) mass is 137 g/mol. The summed E-state index contributed by atoms with van der Waals surface area (Å²) < 4.78 is 5.26. The van der Waals surface area contributed by atoms with Gasteiger partial charge in [0.25, 0.3) is 0 Å². The Morgan fingerprint density at radius 3 is 3.00 bits per heavy atom. The van der Waals surface area contributed by atoms with E-state index in [9.17, 15) is 0 Å². The van der Waals surface area contributed by atoms with Gasteiger partial charge in [0.15, 0.2) is 0 Å². The van der Waals surface area contributed by atoms with Gasteiger partial charge in [-0.1, -0.05) is 13.8 Å². The van der Waals surface area contributed by atoms with Crippen molar-refractivity contribution >= 4 is 0 Å². The molecule has 0 aliphatic carbocycles. The third kappa shape index (κ3) is 1.41. The van der Waals surface area contributed by atoms with Gasteiger partial charge in [-0.25, -0.2) is 0 Å². The van der Waals surface area contributed by atoms with Gasteiger partial charge in [0.05, 0.1) is 6.26 Å². The molecule has 0 aliphatic heterocycles. The lowest BCUT2D eigenvalue weighted by Crippen LogP contribution is -1.85. The van der Waals surface area contributed by atoms with E-state index in [0.29, 0.717) is 0 Å². The summed E-state index contributed by atoms with van der Waals surface area (Å²) in [5, 5.41) is 0. The molecule has 0 amide bonds. The Hall–Kier alpha value is -0.720. The van der Waals surface area contributed by atoms with Crippen molar-refractivity contribution in [1.29, 1.82) is 0 Å². The van der Waals surface area contributed by atoms with Crippen LogP contribution < -0.4 is 0 Å². The maximum Gasteiger partial charge on any atom is 0.106 e. The zero-order chi connectivity index (χ0) is 7.40. The molecule has 1 rings (SSSR count). The number of hydrogen-bond donors (Lipinski definition) is 0. The lowest BCUT2D eigenvalue weighted by molar-refractivity contribution is 0.505.